The Morgan fingerprint density at radius 2 is 1.70 bits per heavy atom. The maximum absolute atomic E-state index is 13.7. The van der Waals surface area contributed by atoms with Crippen LogP contribution in [0.2, 0.25) is 0 Å². The van der Waals surface area contributed by atoms with Crippen LogP contribution in [0.15, 0.2) is 35.1 Å². The van der Waals surface area contributed by atoms with Gasteiger partial charge in [0.05, 0.1) is 17.6 Å². The molecule has 4 rings (SSSR count). The highest BCUT2D eigenvalue weighted by Gasteiger charge is 2.73. The molecule has 176 valence electrons. The van der Waals surface area contributed by atoms with Crippen LogP contribution >= 0.6 is 0 Å². The average Bonchev–Trinajstić information content (AvgIpc) is 2.72. The summed E-state index contributed by atoms with van der Waals surface area (Å²) in [6, 6.07) is 4.34. The summed E-state index contributed by atoms with van der Waals surface area (Å²) < 4.78 is 0. The number of hydrogen-bond acceptors (Lipinski definition) is 10. The summed E-state index contributed by atoms with van der Waals surface area (Å²) >= 11 is 0. The van der Waals surface area contributed by atoms with Crippen molar-refractivity contribution in [1.82, 2.24) is 4.90 Å². The third-order valence-electron chi connectivity index (χ3n) is 7.20. The molecule has 1 aromatic carbocycles. The second-order valence-electron chi connectivity index (χ2n) is 8.92. The number of aliphatic hydroxyl groups excluding tert-OH is 3. The third-order valence-corrected chi connectivity index (χ3v) is 7.20. The molecule has 0 aliphatic heterocycles. The van der Waals surface area contributed by atoms with Gasteiger partial charge in [-0.2, -0.15) is 0 Å². The highest BCUT2D eigenvalue weighted by molar-refractivity contribution is 6.33. The molecule has 8 N–H and O–H groups in total. The standard InChI is InChI=1S/C22H24N2O9/c1-7-8-5-4-6-9(25)11(8)14(26)12-10(7)15(27)16-21(32,17(12)28)18(29)13(20(23)31)19(30)22(16,33)24(2)3/h4-7,10,15-16,25-27,30,32-33H,1-3H3,(H2,23,31)/t7-,10+,15-,16+,21-,22?/m0/s1. The average molecular weight is 460 g/mol. The minimum atomic E-state index is -3.25. The number of likely N-dealkylation sites (N-methyl/N-ethyl adjacent to an activating group) is 1. The van der Waals surface area contributed by atoms with Crippen molar-refractivity contribution in [3.63, 3.8) is 0 Å². The van der Waals surface area contributed by atoms with Crippen molar-refractivity contribution in [2.24, 2.45) is 17.6 Å². The Kier molecular flexibility index (Phi) is 4.78. The summed E-state index contributed by atoms with van der Waals surface area (Å²) in [5, 5.41) is 66.3. The summed E-state index contributed by atoms with van der Waals surface area (Å²) in [6.07, 6.45) is -1.87. The molecule has 3 aliphatic carbocycles. The highest BCUT2D eigenvalue weighted by Crippen LogP contribution is 2.57. The number of nitrogens with zero attached hydrogens (tertiary/aromatic N) is 1. The number of carbonyl (C=O) groups is 3. The van der Waals surface area contributed by atoms with E-state index < -0.39 is 75.3 Å². The molecule has 11 heteroatoms. The van der Waals surface area contributed by atoms with Gasteiger partial charge >= 0.3 is 0 Å². The van der Waals surface area contributed by atoms with Crippen molar-refractivity contribution in [2.45, 2.75) is 30.3 Å². The van der Waals surface area contributed by atoms with Gasteiger partial charge in [-0.1, -0.05) is 19.1 Å². The minimum absolute atomic E-state index is 0.0986. The summed E-state index contributed by atoms with van der Waals surface area (Å²) in [5.74, 6) is -10.8. The number of Topliss-reactive ketones (excluding diaryl/α,β-unsaturated/α-hetero) is 2. The van der Waals surface area contributed by atoms with Gasteiger partial charge in [0.25, 0.3) is 5.91 Å². The van der Waals surface area contributed by atoms with Crippen molar-refractivity contribution in [2.75, 3.05) is 14.1 Å². The summed E-state index contributed by atoms with van der Waals surface area (Å²) in [6.45, 7) is 1.60. The number of phenolic OH excluding ortho intramolecular Hbond substituents is 1. The van der Waals surface area contributed by atoms with Crippen LogP contribution in [0.1, 0.15) is 24.0 Å². The normalized spacial score (nSPS) is 36.0. The van der Waals surface area contributed by atoms with Crippen LogP contribution in [-0.4, -0.2) is 84.5 Å². The Bertz CT molecular complexity index is 1190. The lowest BCUT2D eigenvalue weighted by molar-refractivity contribution is -0.228. The maximum Gasteiger partial charge on any atom is 0.256 e. The van der Waals surface area contributed by atoms with Gasteiger partial charge in [-0.25, -0.2) is 0 Å². The van der Waals surface area contributed by atoms with Crippen molar-refractivity contribution >= 4 is 23.2 Å². The van der Waals surface area contributed by atoms with E-state index in [-0.39, 0.29) is 11.3 Å². The Morgan fingerprint density at radius 1 is 1.09 bits per heavy atom. The maximum atomic E-state index is 13.7. The van der Waals surface area contributed by atoms with Crippen LogP contribution in [0.4, 0.5) is 0 Å². The third kappa shape index (κ3) is 2.50. The van der Waals surface area contributed by atoms with E-state index in [2.05, 4.69) is 0 Å². The van der Waals surface area contributed by atoms with E-state index in [9.17, 15) is 45.0 Å². The molecule has 1 unspecified atom stereocenters. The molecule has 1 aromatic rings. The zero-order valence-electron chi connectivity index (χ0n) is 18.0. The zero-order valence-corrected chi connectivity index (χ0v) is 18.0. The number of fused-ring (bicyclic) bond motifs is 3. The Labute approximate surface area is 187 Å². The Morgan fingerprint density at radius 3 is 2.24 bits per heavy atom. The predicted octanol–water partition coefficient (Wildman–Crippen LogP) is -1.18. The van der Waals surface area contributed by atoms with E-state index in [1.807, 2.05) is 0 Å². The first-order chi connectivity index (χ1) is 15.2. The molecule has 1 fully saturated rings. The topological polar surface area (TPSA) is 202 Å². The van der Waals surface area contributed by atoms with Gasteiger partial charge in [0.2, 0.25) is 17.2 Å². The lowest BCUT2D eigenvalue weighted by Crippen LogP contribution is -2.76. The van der Waals surface area contributed by atoms with Crippen molar-refractivity contribution in [3.8, 4) is 5.75 Å². The molecule has 0 spiro atoms. The molecule has 0 radical (unpaired) electrons. The molecule has 1 saturated carbocycles. The minimum Gasteiger partial charge on any atom is -0.507 e. The number of rotatable bonds is 2. The van der Waals surface area contributed by atoms with Gasteiger partial charge in [-0.3, -0.25) is 19.3 Å². The van der Waals surface area contributed by atoms with Gasteiger partial charge in [-0.15, -0.1) is 0 Å². The van der Waals surface area contributed by atoms with E-state index in [1.54, 1.807) is 13.0 Å². The fourth-order valence-corrected chi connectivity index (χ4v) is 5.58. The van der Waals surface area contributed by atoms with Crippen LogP contribution in [0, 0.1) is 11.8 Å². The van der Waals surface area contributed by atoms with Crippen LogP contribution in [0.25, 0.3) is 5.76 Å². The monoisotopic (exact) mass is 460 g/mol. The zero-order chi connectivity index (χ0) is 24.8. The van der Waals surface area contributed by atoms with E-state index in [0.29, 0.717) is 5.56 Å². The molecular formula is C22H24N2O9. The molecule has 3 aliphatic rings. The summed E-state index contributed by atoms with van der Waals surface area (Å²) in [5.41, 5.74) is -2.25. The smallest absolute Gasteiger partial charge is 0.256 e. The quantitative estimate of drug-likeness (QED) is 0.160. The van der Waals surface area contributed by atoms with Crippen LogP contribution in [0.5, 0.6) is 5.75 Å². The van der Waals surface area contributed by atoms with E-state index in [0.717, 1.165) is 4.90 Å². The van der Waals surface area contributed by atoms with E-state index in [4.69, 9.17) is 5.73 Å². The first-order valence-corrected chi connectivity index (χ1v) is 10.1. The van der Waals surface area contributed by atoms with Gasteiger partial charge in [-0.05, 0) is 31.6 Å². The largest absolute Gasteiger partial charge is 0.507 e. The fraction of sp³-hybridized carbons (Fsp3) is 0.409. The number of aromatic hydroxyl groups is 1. The van der Waals surface area contributed by atoms with Crippen LogP contribution in [0.3, 0.4) is 0 Å². The van der Waals surface area contributed by atoms with Gasteiger partial charge in [0, 0.05) is 11.5 Å². The molecule has 6 atom stereocenters. The van der Waals surface area contributed by atoms with Crippen LogP contribution in [-0.2, 0) is 14.4 Å². The fourth-order valence-electron chi connectivity index (χ4n) is 5.58. The van der Waals surface area contributed by atoms with Gasteiger partial charge in [0.15, 0.2) is 11.5 Å². The number of carbonyl (C=O) groups excluding carboxylic acids is 3. The molecule has 1 amide bonds. The van der Waals surface area contributed by atoms with Crippen molar-refractivity contribution in [1.29, 1.82) is 0 Å². The molecule has 0 heterocycles. The number of nitrogens with two attached hydrogens (primary N) is 1. The number of benzene rings is 1. The Balaban J connectivity index is 2.09. The summed E-state index contributed by atoms with van der Waals surface area (Å²) in [4.78, 5) is 39.8. The second kappa shape index (κ2) is 6.87. The number of aliphatic hydroxyl groups is 5. The molecule has 0 bridgehead atoms. The summed E-state index contributed by atoms with van der Waals surface area (Å²) in [7, 11) is 2.48. The molecule has 33 heavy (non-hydrogen) atoms. The number of ketones is 2. The first kappa shape index (κ1) is 22.9. The number of hydrogen-bond donors (Lipinski definition) is 7. The molecule has 0 saturated heterocycles. The van der Waals surface area contributed by atoms with E-state index in [1.165, 1.54) is 26.2 Å². The Hall–Kier alpha value is -3.25. The number of phenols is 1. The lowest BCUT2D eigenvalue weighted by Gasteiger charge is -2.56. The van der Waals surface area contributed by atoms with Crippen LogP contribution < -0.4 is 5.73 Å². The first-order valence-electron chi connectivity index (χ1n) is 10.1. The van der Waals surface area contributed by atoms with Gasteiger partial charge in [0.1, 0.15) is 17.1 Å². The van der Waals surface area contributed by atoms with Crippen molar-refractivity contribution in [3.05, 3.63) is 46.2 Å². The van der Waals surface area contributed by atoms with E-state index >= 15 is 0 Å². The molecule has 0 aromatic heterocycles. The van der Waals surface area contributed by atoms with Gasteiger partial charge < -0.3 is 36.4 Å². The highest BCUT2D eigenvalue weighted by atomic mass is 16.4. The number of primary amides is 1. The molecule has 11 nitrogen and oxygen atoms in total. The lowest BCUT2D eigenvalue weighted by atomic mass is 9.53. The second-order valence-corrected chi connectivity index (χ2v) is 8.92. The number of amides is 1. The predicted molar refractivity (Wildman–Crippen MR) is 112 cm³/mol. The van der Waals surface area contributed by atoms with Crippen molar-refractivity contribution < 1.29 is 45.0 Å². The molecular weight excluding hydrogens is 436 g/mol. The SMILES string of the molecule is C[C@H]1c2cccc(O)c2C(O)=C2C(=O)[C@]3(O)C(=O)C(C(N)=O)=C(O)C(O)(N(C)C)[C@@H]3[C@@H](O)[C@@H]21.